The highest BCUT2D eigenvalue weighted by Crippen LogP contribution is 2.44. The Morgan fingerprint density at radius 2 is 0.688 bits per heavy atom. The third-order valence-corrected chi connectivity index (χ3v) is 51.9. The molecule has 0 amide bonds. The highest BCUT2D eigenvalue weighted by molar-refractivity contribution is 6.82. The topological polar surface area (TPSA) is 111 Å². The predicted octanol–water partition coefficient (Wildman–Crippen LogP) is 3.30. The van der Waals surface area contributed by atoms with E-state index >= 15 is 0 Å². The summed E-state index contributed by atoms with van der Waals surface area (Å²) in [5, 5.41) is 0. The van der Waals surface area contributed by atoms with Crippen LogP contribution in [0.1, 0.15) is 38.5 Å². The summed E-state index contributed by atoms with van der Waals surface area (Å²) in [5.41, 5.74) is 0. The molecule has 0 aromatic rings. The van der Waals surface area contributed by atoms with E-state index in [1.165, 1.54) is 19.3 Å². The summed E-state index contributed by atoms with van der Waals surface area (Å²) in [6, 6.07) is 2.99. The van der Waals surface area contributed by atoms with Crippen LogP contribution in [0.5, 0.6) is 0 Å². The predicted molar refractivity (Wildman–Crippen MR) is 218 cm³/mol. The summed E-state index contributed by atoms with van der Waals surface area (Å²) >= 11 is 0. The summed E-state index contributed by atoms with van der Waals surface area (Å²) in [6.45, 7) is 25.9. The van der Waals surface area contributed by atoms with Crippen molar-refractivity contribution in [2.45, 2.75) is 135 Å². The van der Waals surface area contributed by atoms with Gasteiger partial charge in [0.2, 0.25) is 0 Å². The lowest BCUT2D eigenvalue weighted by molar-refractivity contribution is 0.157. The molecule has 4 rings (SSSR count). The monoisotopic (exact) mass is 882 g/mol. The molecule has 1 saturated carbocycles. The van der Waals surface area contributed by atoms with Crippen LogP contribution in [0.3, 0.4) is 0 Å². The van der Waals surface area contributed by atoms with Crippen molar-refractivity contribution in [3.05, 3.63) is 0 Å². The van der Waals surface area contributed by atoms with Crippen LogP contribution in [-0.4, -0.2) is 109 Å². The van der Waals surface area contributed by atoms with Crippen LogP contribution in [0.25, 0.3) is 0 Å². The largest absolute Gasteiger partial charge is 0.420 e. The van der Waals surface area contributed by atoms with Crippen molar-refractivity contribution >= 4 is 109 Å². The van der Waals surface area contributed by atoms with Crippen molar-refractivity contribution in [1.29, 1.82) is 0 Å². The molecule has 3 saturated heterocycles. The quantitative estimate of drug-likeness (QED) is 0.317. The van der Waals surface area contributed by atoms with E-state index in [1.807, 2.05) is 0 Å². The van der Waals surface area contributed by atoms with Gasteiger partial charge in [-0.2, -0.15) is 0 Å². The molecule has 9 unspecified atom stereocenters. The van der Waals surface area contributed by atoms with E-state index in [9.17, 15) is 0 Å². The van der Waals surface area contributed by atoms with Gasteiger partial charge in [-0.3, -0.25) is 0 Å². The Kier molecular flexibility index (Phi) is 17.1. The summed E-state index contributed by atoms with van der Waals surface area (Å²) in [6.07, 6.45) is 7.08. The average Bonchev–Trinajstić information content (AvgIpc) is 2.91. The minimum absolute atomic E-state index is 0.596. The smallest absolute Gasteiger partial charge is 0.317 e. The molecule has 0 aromatic heterocycles. The second-order valence-corrected chi connectivity index (χ2v) is 45.6. The molecular formula is C24H66O12Si12. The van der Waals surface area contributed by atoms with Gasteiger partial charge in [-0.15, -0.1) is 0 Å². The highest BCUT2D eigenvalue weighted by Gasteiger charge is 2.45. The lowest BCUT2D eigenvalue weighted by atomic mass is 9.71. The van der Waals surface area contributed by atoms with Crippen molar-refractivity contribution in [1.82, 2.24) is 0 Å². The molecule has 0 N–H and O–H groups in total. The summed E-state index contributed by atoms with van der Waals surface area (Å²) in [5.74, 6) is 1.87. The molecule has 3 aliphatic heterocycles. The van der Waals surface area contributed by atoms with E-state index in [0.717, 1.165) is 37.4 Å². The van der Waals surface area contributed by atoms with Crippen LogP contribution in [-0.2, 0) is 49.4 Å². The van der Waals surface area contributed by atoms with Crippen LogP contribution in [0.15, 0.2) is 0 Å². The Balaban J connectivity index is 1.44. The van der Waals surface area contributed by atoms with Crippen LogP contribution in [0, 0.1) is 17.8 Å². The van der Waals surface area contributed by atoms with Crippen molar-refractivity contribution in [3.8, 4) is 0 Å². The van der Waals surface area contributed by atoms with Gasteiger partial charge in [0.05, 0.1) is 0 Å². The molecule has 0 aromatic carbocycles. The van der Waals surface area contributed by atoms with E-state index in [-0.39, 0.29) is 0 Å². The zero-order valence-corrected chi connectivity index (χ0v) is 45.1. The highest BCUT2D eigenvalue weighted by atomic mass is 28.5. The van der Waals surface area contributed by atoms with E-state index in [2.05, 4.69) is 78.6 Å². The second kappa shape index (κ2) is 19.1. The van der Waals surface area contributed by atoms with E-state index < -0.39 is 109 Å². The zero-order valence-electron chi connectivity index (χ0n) is 31.7. The van der Waals surface area contributed by atoms with Crippen LogP contribution < -0.4 is 0 Å². The number of hydrogen-bond acceptors (Lipinski definition) is 12. The molecule has 48 heavy (non-hydrogen) atoms. The average molecular weight is 884 g/mol. The molecule has 0 radical (unpaired) electrons. The number of rotatable bonds is 9. The molecule has 4 aliphatic rings. The van der Waals surface area contributed by atoms with Crippen molar-refractivity contribution in [2.75, 3.05) is 0 Å². The minimum Gasteiger partial charge on any atom is -0.420 e. The first-order chi connectivity index (χ1) is 22.4. The van der Waals surface area contributed by atoms with Gasteiger partial charge in [0.1, 0.15) is 0 Å². The van der Waals surface area contributed by atoms with Crippen LogP contribution in [0.4, 0.5) is 0 Å². The molecule has 24 heteroatoms. The SMILES string of the molecule is C[SiH]1O[SiH](C)O[Si](C)(CCC2CCC(CC[Si]3(C)O[SiH](C)O[SiH](C)O[SiH](C)O3)C(CC[Si]3(C)O[SiH](C)O[SiH](C)O[SiH](C)O3)C2)O[SiH](C)O1. The van der Waals surface area contributed by atoms with Gasteiger partial charge in [0.25, 0.3) is 83.6 Å². The van der Waals surface area contributed by atoms with Crippen LogP contribution >= 0.6 is 0 Å². The first-order valence-corrected chi connectivity index (χ1v) is 44.9. The van der Waals surface area contributed by atoms with Crippen molar-refractivity contribution < 1.29 is 49.4 Å². The zero-order chi connectivity index (χ0) is 35.3. The Morgan fingerprint density at radius 1 is 0.396 bits per heavy atom. The molecule has 282 valence electrons. The molecule has 0 bridgehead atoms. The van der Waals surface area contributed by atoms with E-state index in [1.54, 1.807) is 0 Å². The normalized spacial score (nSPS) is 48.8. The van der Waals surface area contributed by atoms with Gasteiger partial charge in [-0.05, 0) is 147 Å². The maximum Gasteiger partial charge on any atom is 0.317 e. The molecule has 12 nitrogen and oxygen atoms in total. The standard InChI is InChI=1S/C24H66O12Si12/c1-37-25-40(4)31-46(10,32-41(5)26-37)18-15-22-13-14-23(16-19-47(11)33-42(6)27-38(2)28-43(7)34-47)24(21-22)17-20-48(12)35-44(8)29-39(3)30-45(9)36-48/h22-24,37-45H,13-21H2,1-12H3. The first-order valence-electron chi connectivity index (χ1n) is 18.4. The Morgan fingerprint density at radius 3 is 1.02 bits per heavy atom. The van der Waals surface area contributed by atoms with Crippen LogP contribution in [0.2, 0.25) is 96.7 Å². The summed E-state index contributed by atoms with van der Waals surface area (Å²) < 4.78 is 77.5. The second-order valence-electron chi connectivity index (χ2n) is 14.8. The van der Waals surface area contributed by atoms with Crippen molar-refractivity contribution in [3.63, 3.8) is 0 Å². The third kappa shape index (κ3) is 14.1. The molecule has 4 fully saturated rings. The van der Waals surface area contributed by atoms with Gasteiger partial charge in [-0.25, -0.2) is 0 Å². The molecule has 9 atom stereocenters. The third-order valence-electron chi connectivity index (χ3n) is 9.98. The first kappa shape index (κ1) is 42.9. The molecule has 1 aliphatic carbocycles. The van der Waals surface area contributed by atoms with E-state index in [0.29, 0.717) is 17.8 Å². The van der Waals surface area contributed by atoms with Gasteiger partial charge < -0.3 is 49.4 Å². The van der Waals surface area contributed by atoms with Gasteiger partial charge >= 0.3 is 25.7 Å². The summed E-state index contributed by atoms with van der Waals surface area (Å²) in [4.78, 5) is 0. The number of hydrogen-bond donors (Lipinski definition) is 0. The lowest BCUT2D eigenvalue weighted by Gasteiger charge is -2.42. The maximum atomic E-state index is 6.73. The summed E-state index contributed by atoms with van der Waals surface area (Å²) in [7, 11) is -22.7. The maximum absolute atomic E-state index is 6.73. The Labute approximate surface area is 309 Å². The lowest BCUT2D eigenvalue weighted by Crippen LogP contribution is -2.53. The fourth-order valence-electron chi connectivity index (χ4n) is 8.21. The minimum atomic E-state index is -2.42. The molecule has 3 heterocycles. The Bertz CT molecular complexity index is 958. The Hall–Kier alpha value is 2.12. The fourth-order valence-corrected chi connectivity index (χ4v) is 52.6. The van der Waals surface area contributed by atoms with Gasteiger partial charge in [0.15, 0.2) is 0 Å². The van der Waals surface area contributed by atoms with Gasteiger partial charge in [0, 0.05) is 0 Å². The molecular weight excluding hydrogens is 817 g/mol. The van der Waals surface area contributed by atoms with Gasteiger partial charge in [-0.1, -0.05) is 6.42 Å². The fraction of sp³-hybridized carbons (Fsp3) is 1.00. The molecule has 0 spiro atoms. The van der Waals surface area contributed by atoms with E-state index in [4.69, 9.17) is 49.4 Å². The van der Waals surface area contributed by atoms with Crippen molar-refractivity contribution in [2.24, 2.45) is 17.8 Å².